The lowest BCUT2D eigenvalue weighted by atomic mass is 9.90. The molecule has 3 rings (SSSR count). The predicted molar refractivity (Wildman–Crippen MR) is 114 cm³/mol. The summed E-state index contributed by atoms with van der Waals surface area (Å²) >= 11 is 9.24. The maximum atomic E-state index is 12.7. The molecule has 0 aliphatic carbocycles. The van der Waals surface area contributed by atoms with Gasteiger partial charge >= 0.3 is 0 Å². The number of benzene rings is 1. The molecule has 1 aliphatic rings. The van der Waals surface area contributed by atoms with Crippen LogP contribution in [0.25, 0.3) is 0 Å². The molecule has 2 heterocycles. The highest BCUT2D eigenvalue weighted by Gasteiger charge is 2.34. The normalized spacial score (nSPS) is 17.4. The van der Waals surface area contributed by atoms with Gasteiger partial charge in [-0.2, -0.15) is 0 Å². The summed E-state index contributed by atoms with van der Waals surface area (Å²) in [5, 5.41) is 11.3. The van der Waals surface area contributed by atoms with Crippen LogP contribution in [-0.2, 0) is 11.3 Å². The van der Waals surface area contributed by atoms with Gasteiger partial charge in [-0.15, -0.1) is 0 Å². The molecule has 1 aromatic heterocycles. The Kier molecular flexibility index (Phi) is 6.63. The molecule has 0 saturated carbocycles. The minimum absolute atomic E-state index is 0.102. The molecule has 1 saturated heterocycles. The number of carbonyl (C=O) groups is 1. The number of amides is 1. The average molecular weight is 468 g/mol. The van der Waals surface area contributed by atoms with Crippen molar-refractivity contribution >= 4 is 33.4 Å². The summed E-state index contributed by atoms with van der Waals surface area (Å²) in [6, 6.07) is 11.3. The van der Waals surface area contributed by atoms with Crippen molar-refractivity contribution in [2.45, 2.75) is 44.2 Å². The Bertz CT molecular complexity index is 892. The molecule has 1 atom stereocenters. The third kappa shape index (κ3) is 5.04. The zero-order chi connectivity index (χ0) is 20.3. The van der Waals surface area contributed by atoms with Crippen LogP contribution in [0.4, 0.5) is 0 Å². The van der Waals surface area contributed by atoms with Crippen LogP contribution in [0.1, 0.15) is 37.7 Å². The minimum atomic E-state index is -1.01. The smallest absolute Gasteiger partial charge is 0.252 e. The van der Waals surface area contributed by atoms with Gasteiger partial charge < -0.3 is 14.6 Å². The second-order valence-corrected chi connectivity index (χ2v) is 8.82. The Labute approximate surface area is 178 Å². The first-order valence-electron chi connectivity index (χ1n) is 9.38. The quantitative estimate of drug-likeness (QED) is 0.727. The predicted octanol–water partition coefficient (Wildman–Crippen LogP) is 3.81. The van der Waals surface area contributed by atoms with E-state index in [-0.39, 0.29) is 23.9 Å². The molecule has 1 amide bonds. The van der Waals surface area contributed by atoms with Crippen LogP contribution in [0.3, 0.4) is 0 Å². The van der Waals surface area contributed by atoms with Crippen LogP contribution in [0.15, 0.2) is 51.9 Å². The number of piperidine rings is 1. The van der Waals surface area contributed by atoms with Crippen LogP contribution in [0, 0.1) is 0 Å². The number of carbonyl (C=O) groups excluding carboxylic acids is 1. The van der Waals surface area contributed by atoms with E-state index in [9.17, 15) is 14.7 Å². The SMILES string of the molecule is C[C@H](CC(=O)N1CCC(O)(Cn2cc(Br)c(Cl)cc2=O)CC1)c1ccccc1. The van der Waals surface area contributed by atoms with E-state index in [0.29, 0.717) is 41.8 Å². The molecule has 0 unspecified atom stereocenters. The molecule has 7 heteroatoms. The number of rotatable bonds is 5. The van der Waals surface area contributed by atoms with E-state index in [4.69, 9.17) is 11.6 Å². The van der Waals surface area contributed by atoms with Crippen molar-refractivity contribution in [2.75, 3.05) is 13.1 Å². The van der Waals surface area contributed by atoms with E-state index in [0.717, 1.165) is 5.56 Å². The van der Waals surface area contributed by atoms with Crippen molar-refractivity contribution in [1.82, 2.24) is 9.47 Å². The maximum absolute atomic E-state index is 12.7. The largest absolute Gasteiger partial charge is 0.388 e. The molecule has 1 aromatic carbocycles. The topological polar surface area (TPSA) is 62.5 Å². The molecule has 1 N–H and O–H groups in total. The highest BCUT2D eigenvalue weighted by atomic mass is 79.9. The molecule has 1 aliphatic heterocycles. The van der Waals surface area contributed by atoms with Gasteiger partial charge in [0.1, 0.15) is 0 Å². The fourth-order valence-electron chi connectivity index (χ4n) is 3.58. The summed E-state index contributed by atoms with van der Waals surface area (Å²) < 4.78 is 2.07. The number of hydrogen-bond donors (Lipinski definition) is 1. The van der Waals surface area contributed by atoms with Gasteiger partial charge in [-0.25, -0.2) is 0 Å². The summed E-state index contributed by atoms with van der Waals surface area (Å²) in [6.45, 7) is 3.21. The summed E-state index contributed by atoms with van der Waals surface area (Å²) in [5.74, 6) is 0.254. The summed E-state index contributed by atoms with van der Waals surface area (Å²) in [4.78, 5) is 26.6. The molecule has 0 radical (unpaired) electrons. The second-order valence-electron chi connectivity index (χ2n) is 7.56. The van der Waals surface area contributed by atoms with Crippen molar-refractivity contribution in [3.05, 3.63) is 68.0 Å². The monoisotopic (exact) mass is 466 g/mol. The Morgan fingerprint density at radius 2 is 1.93 bits per heavy atom. The third-order valence-electron chi connectivity index (χ3n) is 5.39. The number of halogens is 2. The van der Waals surface area contributed by atoms with Gasteiger partial charge in [0.2, 0.25) is 5.91 Å². The zero-order valence-electron chi connectivity index (χ0n) is 15.8. The highest BCUT2D eigenvalue weighted by Crippen LogP contribution is 2.27. The molecule has 150 valence electrons. The lowest BCUT2D eigenvalue weighted by Gasteiger charge is -2.38. The molecule has 0 bridgehead atoms. The number of aromatic nitrogens is 1. The Balaban J connectivity index is 1.58. The lowest BCUT2D eigenvalue weighted by molar-refractivity contribution is -0.136. The molecule has 1 fully saturated rings. The van der Waals surface area contributed by atoms with E-state index >= 15 is 0 Å². The molecular weight excluding hydrogens is 444 g/mol. The Morgan fingerprint density at radius 3 is 2.57 bits per heavy atom. The standard InChI is InChI=1S/C21H24BrClN2O3/c1-15(16-5-3-2-4-6-16)11-19(26)24-9-7-21(28,8-10-24)14-25-13-17(22)18(23)12-20(25)27/h2-6,12-13,15,28H,7-11,14H2,1H3/t15-/m1/s1. The van der Waals surface area contributed by atoms with Gasteiger partial charge in [-0.05, 0) is 40.3 Å². The second kappa shape index (κ2) is 8.80. The van der Waals surface area contributed by atoms with E-state index in [1.807, 2.05) is 35.2 Å². The van der Waals surface area contributed by atoms with Gasteiger partial charge in [0.05, 0.1) is 21.6 Å². The highest BCUT2D eigenvalue weighted by molar-refractivity contribution is 9.10. The summed E-state index contributed by atoms with van der Waals surface area (Å²) in [7, 11) is 0. The third-order valence-corrected chi connectivity index (χ3v) is 6.56. The van der Waals surface area contributed by atoms with Gasteiger partial charge in [-0.1, -0.05) is 48.9 Å². The zero-order valence-corrected chi connectivity index (χ0v) is 18.1. The van der Waals surface area contributed by atoms with Crippen molar-refractivity contribution < 1.29 is 9.90 Å². The van der Waals surface area contributed by atoms with Crippen LogP contribution in [0.5, 0.6) is 0 Å². The number of likely N-dealkylation sites (tertiary alicyclic amines) is 1. The van der Waals surface area contributed by atoms with Crippen molar-refractivity contribution in [3.8, 4) is 0 Å². The summed E-state index contributed by atoms with van der Waals surface area (Å²) in [6.07, 6.45) is 2.92. The maximum Gasteiger partial charge on any atom is 0.252 e. The molecule has 5 nitrogen and oxygen atoms in total. The van der Waals surface area contributed by atoms with Gasteiger partial charge in [0.15, 0.2) is 0 Å². The molecule has 2 aromatic rings. The van der Waals surface area contributed by atoms with Crippen LogP contribution < -0.4 is 5.56 Å². The van der Waals surface area contributed by atoms with Gasteiger partial charge in [0, 0.05) is 31.8 Å². The number of aliphatic hydroxyl groups is 1. The first-order chi connectivity index (χ1) is 13.3. The van der Waals surface area contributed by atoms with E-state index in [1.165, 1.54) is 10.6 Å². The van der Waals surface area contributed by atoms with E-state index < -0.39 is 5.60 Å². The molecule has 28 heavy (non-hydrogen) atoms. The molecule has 0 spiro atoms. The number of hydrogen-bond acceptors (Lipinski definition) is 3. The van der Waals surface area contributed by atoms with Gasteiger partial charge in [-0.3, -0.25) is 9.59 Å². The number of pyridine rings is 1. The van der Waals surface area contributed by atoms with Crippen LogP contribution in [-0.4, -0.2) is 39.2 Å². The lowest BCUT2D eigenvalue weighted by Crippen LogP contribution is -2.49. The van der Waals surface area contributed by atoms with Crippen molar-refractivity contribution in [2.24, 2.45) is 0 Å². The average Bonchev–Trinajstić information content (AvgIpc) is 2.67. The van der Waals surface area contributed by atoms with Gasteiger partial charge in [0.25, 0.3) is 5.56 Å². The van der Waals surface area contributed by atoms with Crippen molar-refractivity contribution in [3.63, 3.8) is 0 Å². The Hall–Kier alpha value is -1.63. The summed E-state index contributed by atoms with van der Waals surface area (Å²) in [5.41, 5.74) is -0.118. The van der Waals surface area contributed by atoms with Crippen molar-refractivity contribution in [1.29, 1.82) is 0 Å². The minimum Gasteiger partial charge on any atom is -0.388 e. The molecular formula is C21H24BrClN2O3. The fraction of sp³-hybridized carbons (Fsp3) is 0.429. The Morgan fingerprint density at radius 1 is 1.29 bits per heavy atom. The first-order valence-corrected chi connectivity index (χ1v) is 10.6. The first kappa shape index (κ1) is 21.1. The van der Waals surface area contributed by atoms with Crippen LogP contribution in [0.2, 0.25) is 5.02 Å². The van der Waals surface area contributed by atoms with E-state index in [2.05, 4.69) is 22.9 Å². The van der Waals surface area contributed by atoms with Crippen LogP contribution >= 0.6 is 27.5 Å². The fourth-order valence-corrected chi connectivity index (χ4v) is 4.09. The van der Waals surface area contributed by atoms with E-state index in [1.54, 1.807) is 6.20 Å². The number of nitrogens with zero attached hydrogens (tertiary/aromatic N) is 2.